The van der Waals surface area contributed by atoms with Crippen molar-refractivity contribution in [2.45, 2.75) is 38.0 Å². The molecule has 4 aromatic rings. The summed E-state index contributed by atoms with van der Waals surface area (Å²) in [5.74, 6) is 0.332. The van der Waals surface area contributed by atoms with Gasteiger partial charge in [0.2, 0.25) is 0 Å². The quantitative estimate of drug-likeness (QED) is 0.242. The molecule has 0 unspecified atom stereocenters. The number of pyridine rings is 1. The smallest absolute Gasteiger partial charge is 0.416 e. The summed E-state index contributed by atoms with van der Waals surface area (Å²) in [6.07, 6.45) is -2.46. The van der Waals surface area contributed by atoms with E-state index in [4.69, 9.17) is 10.1 Å². The number of likely N-dealkylation sites (N-methyl/N-ethyl adjacent to an activating group) is 1. The number of carbonyl (C=O) groups is 2. The number of hydrogen-bond donors (Lipinski definition) is 2. The van der Waals surface area contributed by atoms with E-state index in [1.807, 2.05) is 6.07 Å². The van der Waals surface area contributed by atoms with Crippen molar-refractivity contribution < 1.29 is 27.9 Å². The number of carbonyl (C=O) groups excluding carboxylic acids is 1. The van der Waals surface area contributed by atoms with Crippen LogP contribution in [0.1, 0.15) is 57.1 Å². The number of alkyl halides is 3. The molecule has 2 aliphatic rings. The van der Waals surface area contributed by atoms with E-state index in [9.17, 15) is 28.0 Å². The van der Waals surface area contributed by atoms with Crippen LogP contribution >= 0.6 is 0 Å². The zero-order chi connectivity index (χ0) is 32.7. The highest BCUT2D eigenvalue weighted by molar-refractivity contribution is 6.10. The van der Waals surface area contributed by atoms with Gasteiger partial charge in [0.25, 0.3) is 5.91 Å². The van der Waals surface area contributed by atoms with Crippen molar-refractivity contribution in [3.63, 3.8) is 0 Å². The molecule has 14 heteroatoms. The number of anilines is 1. The lowest BCUT2D eigenvalue weighted by molar-refractivity contribution is -0.138. The van der Waals surface area contributed by atoms with Crippen molar-refractivity contribution in [2.75, 3.05) is 25.0 Å². The molecular weight excluding hydrogens is 601 g/mol. The fourth-order valence-electron chi connectivity index (χ4n) is 5.58. The average Bonchev–Trinajstić information content (AvgIpc) is 3.72. The average molecular weight is 631 g/mol. The van der Waals surface area contributed by atoms with Gasteiger partial charge in [-0.15, -0.1) is 10.2 Å². The predicted molar refractivity (Wildman–Crippen MR) is 161 cm³/mol. The van der Waals surface area contributed by atoms with Crippen LogP contribution in [0.2, 0.25) is 0 Å². The number of aryl methyl sites for hydroxylation is 1. The molecule has 3 heterocycles. The lowest BCUT2D eigenvalue weighted by Gasteiger charge is -2.19. The molecule has 0 bridgehead atoms. The first-order valence-corrected chi connectivity index (χ1v) is 14.5. The third kappa shape index (κ3) is 6.01. The fourth-order valence-corrected chi connectivity index (χ4v) is 5.58. The summed E-state index contributed by atoms with van der Waals surface area (Å²) >= 11 is 0. The largest absolute Gasteiger partial charge is 0.465 e. The Labute approximate surface area is 261 Å². The number of nitrogens with zero attached hydrogens (tertiary/aromatic N) is 7. The van der Waals surface area contributed by atoms with Crippen LogP contribution in [-0.2, 0) is 26.3 Å². The second-order valence-electron chi connectivity index (χ2n) is 11.5. The molecule has 2 N–H and O–H groups in total. The molecule has 2 aromatic heterocycles. The van der Waals surface area contributed by atoms with Crippen molar-refractivity contribution in [3.05, 3.63) is 82.3 Å². The number of hydrogen-bond acceptors (Lipinski definition) is 7. The second kappa shape index (κ2) is 11.9. The number of halogens is 3. The standard InChI is InChI=1S/C32H29F3N8O3/c1-41(31(45)46)8-7-37-15-19-10-24-25(26(11-19)32(33,34)35)16-43(30(24)44)28-13-21(12-27(39-28)20-4-5-20)22-6-3-18(14-36)9-23(22)29-40-38-17-42(29)2/h3,6,9-13,17,20,37H,4-5,7-8,15-16H2,1-2H3,(H,45,46). The maximum atomic E-state index is 14.3. The number of nitriles is 1. The minimum absolute atomic E-state index is 0.0141. The predicted octanol–water partition coefficient (Wildman–Crippen LogP) is 5.17. The van der Waals surface area contributed by atoms with E-state index in [1.165, 1.54) is 18.0 Å². The summed E-state index contributed by atoms with van der Waals surface area (Å²) in [4.78, 5) is 31.9. The Kier molecular flexibility index (Phi) is 7.95. The number of carboxylic acid groups (broad SMARTS) is 1. The topological polar surface area (TPSA) is 140 Å². The summed E-state index contributed by atoms with van der Waals surface area (Å²) < 4.78 is 44.7. The van der Waals surface area contributed by atoms with Crippen molar-refractivity contribution in [1.82, 2.24) is 30.0 Å². The summed E-state index contributed by atoms with van der Waals surface area (Å²) in [5.41, 5.74) is 2.38. The van der Waals surface area contributed by atoms with Crippen LogP contribution in [0.15, 0.2) is 48.8 Å². The minimum Gasteiger partial charge on any atom is -0.465 e. The number of benzene rings is 2. The van der Waals surface area contributed by atoms with Crippen LogP contribution in [0.3, 0.4) is 0 Å². The highest BCUT2D eigenvalue weighted by atomic mass is 19.4. The van der Waals surface area contributed by atoms with E-state index in [0.717, 1.165) is 29.5 Å². The molecule has 0 radical (unpaired) electrons. The van der Waals surface area contributed by atoms with Crippen molar-refractivity contribution >= 4 is 17.8 Å². The first kappa shape index (κ1) is 30.7. The van der Waals surface area contributed by atoms with Crippen molar-refractivity contribution in [2.24, 2.45) is 7.05 Å². The normalized spacial score (nSPS) is 14.3. The van der Waals surface area contributed by atoms with Crippen LogP contribution in [-0.4, -0.2) is 61.9 Å². The molecule has 46 heavy (non-hydrogen) atoms. The van der Waals surface area contributed by atoms with E-state index >= 15 is 0 Å². The van der Waals surface area contributed by atoms with E-state index in [1.54, 1.807) is 42.2 Å². The van der Waals surface area contributed by atoms with E-state index in [-0.39, 0.29) is 54.6 Å². The zero-order valence-corrected chi connectivity index (χ0v) is 25.0. The third-order valence-corrected chi connectivity index (χ3v) is 8.20. The maximum absolute atomic E-state index is 14.3. The summed E-state index contributed by atoms with van der Waals surface area (Å²) in [6.45, 7) is 0.0695. The van der Waals surface area contributed by atoms with Crippen molar-refractivity contribution in [1.29, 1.82) is 5.26 Å². The Morgan fingerprint density at radius 3 is 2.59 bits per heavy atom. The molecule has 236 valence electrons. The van der Waals surface area contributed by atoms with Crippen LogP contribution < -0.4 is 10.2 Å². The Morgan fingerprint density at radius 2 is 1.93 bits per heavy atom. The summed E-state index contributed by atoms with van der Waals surface area (Å²) in [7, 11) is 3.17. The second-order valence-corrected chi connectivity index (χ2v) is 11.5. The van der Waals surface area contributed by atoms with Gasteiger partial charge in [-0.05, 0) is 71.5 Å². The molecule has 11 nitrogen and oxygen atoms in total. The molecule has 2 aromatic carbocycles. The highest BCUT2D eigenvalue weighted by Gasteiger charge is 2.41. The minimum atomic E-state index is -4.71. The molecule has 1 aliphatic heterocycles. The summed E-state index contributed by atoms with van der Waals surface area (Å²) in [5, 5.41) is 29.7. The van der Waals surface area contributed by atoms with Gasteiger partial charge >= 0.3 is 12.3 Å². The van der Waals surface area contributed by atoms with Gasteiger partial charge in [-0.25, -0.2) is 9.78 Å². The lowest BCUT2D eigenvalue weighted by Crippen LogP contribution is -2.32. The molecule has 6 rings (SSSR count). The Hall–Kier alpha value is -5.29. The van der Waals surface area contributed by atoms with Gasteiger partial charge in [0.05, 0.1) is 23.7 Å². The van der Waals surface area contributed by atoms with Gasteiger partial charge < -0.3 is 19.9 Å². The molecule has 1 fully saturated rings. The fraction of sp³-hybridized carbons (Fsp3) is 0.312. The number of fused-ring (bicyclic) bond motifs is 1. The maximum Gasteiger partial charge on any atom is 0.416 e. The van der Waals surface area contributed by atoms with E-state index in [0.29, 0.717) is 28.1 Å². The molecule has 0 spiro atoms. The van der Waals surface area contributed by atoms with E-state index < -0.39 is 23.7 Å². The van der Waals surface area contributed by atoms with Gasteiger partial charge in [-0.3, -0.25) is 9.69 Å². The number of aromatic nitrogens is 4. The van der Waals surface area contributed by atoms with Crippen molar-refractivity contribution in [3.8, 4) is 28.6 Å². The molecule has 1 saturated carbocycles. The zero-order valence-electron chi connectivity index (χ0n) is 25.0. The van der Waals surface area contributed by atoms with Crippen LogP contribution in [0.4, 0.5) is 23.8 Å². The Morgan fingerprint density at radius 1 is 1.15 bits per heavy atom. The van der Waals surface area contributed by atoms with Crippen LogP contribution in [0.25, 0.3) is 22.5 Å². The van der Waals surface area contributed by atoms with Crippen LogP contribution in [0.5, 0.6) is 0 Å². The Balaban J connectivity index is 1.37. The molecule has 1 aliphatic carbocycles. The molecule has 2 amide bonds. The lowest BCUT2D eigenvalue weighted by atomic mass is 9.96. The molecule has 0 saturated heterocycles. The molecule has 0 atom stereocenters. The summed E-state index contributed by atoms with van der Waals surface area (Å²) in [6, 6.07) is 13.4. The van der Waals surface area contributed by atoms with Gasteiger partial charge in [0.1, 0.15) is 12.1 Å². The monoisotopic (exact) mass is 630 g/mol. The first-order valence-electron chi connectivity index (χ1n) is 14.5. The SMILES string of the molecule is CN(CCNCc1cc2c(c(C(F)(F)F)c1)CN(c1cc(-c3ccc(C#N)cc3-c3nncn3C)cc(C3CC3)n1)C2=O)C(=O)O. The molecular formula is C32H29F3N8O3. The van der Waals surface area contributed by atoms with Gasteiger partial charge in [0, 0.05) is 56.5 Å². The third-order valence-electron chi connectivity index (χ3n) is 8.20. The highest BCUT2D eigenvalue weighted by Crippen LogP contribution is 2.44. The first-order chi connectivity index (χ1) is 21.9. The number of rotatable bonds is 9. The number of nitrogens with one attached hydrogen (secondary N) is 1. The van der Waals surface area contributed by atoms with Gasteiger partial charge in [0.15, 0.2) is 5.82 Å². The van der Waals surface area contributed by atoms with Gasteiger partial charge in [-0.2, -0.15) is 18.4 Å². The van der Waals surface area contributed by atoms with Gasteiger partial charge in [-0.1, -0.05) is 6.07 Å². The Bertz CT molecular complexity index is 1890. The number of amides is 2. The van der Waals surface area contributed by atoms with E-state index in [2.05, 4.69) is 21.6 Å². The van der Waals surface area contributed by atoms with Crippen LogP contribution in [0, 0.1) is 11.3 Å².